The van der Waals surface area contributed by atoms with Gasteiger partial charge in [0.15, 0.2) is 0 Å². The summed E-state index contributed by atoms with van der Waals surface area (Å²) in [5.41, 5.74) is 4.65. The predicted octanol–water partition coefficient (Wildman–Crippen LogP) is 4.83. The number of halogens is 1. The molecule has 3 N–H and O–H groups in total. The maximum Gasteiger partial charge on any atom is 0.229 e. The number of aromatic nitrogens is 3. The number of imidazole rings is 1. The summed E-state index contributed by atoms with van der Waals surface area (Å²) in [6, 6.07) is 13.5. The van der Waals surface area contributed by atoms with Gasteiger partial charge in [-0.2, -0.15) is 0 Å². The fourth-order valence-electron chi connectivity index (χ4n) is 5.30. The molecular formula is C29H28ClN5O3. The summed E-state index contributed by atoms with van der Waals surface area (Å²) in [5.74, 6) is 1.16. The lowest BCUT2D eigenvalue weighted by atomic mass is 9.91. The molecule has 1 amide bonds. The van der Waals surface area contributed by atoms with Crippen molar-refractivity contribution in [2.75, 3.05) is 23.8 Å². The van der Waals surface area contributed by atoms with Gasteiger partial charge in [-0.15, -0.1) is 0 Å². The zero-order chi connectivity index (χ0) is 25.9. The van der Waals surface area contributed by atoms with Crippen LogP contribution in [0.3, 0.4) is 0 Å². The molecule has 1 aliphatic heterocycles. The molecule has 7 rings (SSSR count). The van der Waals surface area contributed by atoms with E-state index in [4.69, 9.17) is 21.3 Å². The molecular weight excluding hydrogens is 502 g/mol. The molecule has 2 unspecified atom stereocenters. The second-order valence-corrected chi connectivity index (χ2v) is 11.2. The van der Waals surface area contributed by atoms with Crippen LogP contribution in [0.4, 0.5) is 11.5 Å². The summed E-state index contributed by atoms with van der Waals surface area (Å²) in [6.07, 6.45) is 8.99. The molecule has 3 fully saturated rings. The molecule has 2 aliphatic carbocycles. The molecule has 0 radical (unpaired) electrons. The molecule has 1 saturated heterocycles. The third-order valence-corrected chi connectivity index (χ3v) is 7.98. The highest BCUT2D eigenvalue weighted by Gasteiger charge is 2.44. The Kier molecular flexibility index (Phi) is 5.65. The van der Waals surface area contributed by atoms with Gasteiger partial charge in [-0.05, 0) is 66.5 Å². The van der Waals surface area contributed by atoms with E-state index in [0.29, 0.717) is 36.5 Å². The third kappa shape index (κ3) is 4.53. The van der Waals surface area contributed by atoms with Gasteiger partial charge < -0.3 is 24.9 Å². The fraction of sp³-hybridized carbons (Fsp3) is 0.345. The molecule has 0 spiro atoms. The Morgan fingerprint density at radius 1 is 1.16 bits per heavy atom. The van der Waals surface area contributed by atoms with E-state index in [-0.39, 0.29) is 17.7 Å². The first-order valence-corrected chi connectivity index (χ1v) is 13.4. The minimum Gasteiger partial charge on any atom is -0.380 e. The average Bonchev–Trinajstić information content (AvgIpc) is 3.82. The summed E-state index contributed by atoms with van der Waals surface area (Å²) >= 11 is 6.11. The van der Waals surface area contributed by atoms with Crippen molar-refractivity contribution in [1.82, 2.24) is 14.4 Å². The van der Waals surface area contributed by atoms with Crippen molar-refractivity contribution in [2.24, 2.45) is 5.92 Å². The Bertz CT molecular complexity index is 1540. The van der Waals surface area contributed by atoms with E-state index in [2.05, 4.69) is 27.9 Å². The fourth-order valence-corrected chi connectivity index (χ4v) is 5.50. The highest BCUT2D eigenvalue weighted by atomic mass is 35.5. The first kappa shape index (κ1) is 23.6. The van der Waals surface area contributed by atoms with Crippen molar-refractivity contribution >= 4 is 34.7 Å². The van der Waals surface area contributed by atoms with Gasteiger partial charge in [-0.25, -0.2) is 9.97 Å². The lowest BCUT2D eigenvalue weighted by Gasteiger charge is -2.37. The number of benzene rings is 1. The van der Waals surface area contributed by atoms with E-state index in [9.17, 15) is 9.90 Å². The van der Waals surface area contributed by atoms with Crippen LogP contribution in [0.15, 0.2) is 61.1 Å². The maximum atomic E-state index is 12.8. The van der Waals surface area contributed by atoms with Gasteiger partial charge in [-0.3, -0.25) is 4.79 Å². The number of hydrogen-bond donors (Lipinski definition) is 3. The molecule has 2 atom stereocenters. The molecule has 4 aromatic rings. The number of aliphatic hydroxyl groups is 1. The van der Waals surface area contributed by atoms with E-state index in [0.717, 1.165) is 34.6 Å². The Morgan fingerprint density at radius 3 is 2.79 bits per heavy atom. The number of rotatable bonds is 8. The van der Waals surface area contributed by atoms with Crippen LogP contribution in [0.2, 0.25) is 5.02 Å². The Balaban J connectivity index is 1.03. The van der Waals surface area contributed by atoms with Crippen molar-refractivity contribution in [1.29, 1.82) is 0 Å². The van der Waals surface area contributed by atoms with Gasteiger partial charge in [-0.1, -0.05) is 23.7 Å². The van der Waals surface area contributed by atoms with Crippen molar-refractivity contribution in [3.8, 4) is 0 Å². The second-order valence-electron chi connectivity index (χ2n) is 10.7. The second kappa shape index (κ2) is 9.08. The highest BCUT2D eigenvalue weighted by molar-refractivity contribution is 6.30. The van der Waals surface area contributed by atoms with Crippen molar-refractivity contribution < 1.29 is 14.6 Å². The summed E-state index contributed by atoms with van der Waals surface area (Å²) < 4.78 is 7.35. The van der Waals surface area contributed by atoms with Gasteiger partial charge in [0.1, 0.15) is 17.1 Å². The SMILES string of the molecule is O=C(Nc1cc(NCc2cn3cc(C4CC4)cc(C4(O)COC4)c3n2)ccn1)C1CC1c1cccc(Cl)c1. The smallest absolute Gasteiger partial charge is 0.229 e. The maximum absolute atomic E-state index is 12.8. The van der Waals surface area contributed by atoms with Gasteiger partial charge in [0.2, 0.25) is 5.91 Å². The van der Waals surface area contributed by atoms with Crippen molar-refractivity contribution in [3.05, 3.63) is 88.5 Å². The lowest BCUT2D eigenvalue weighted by Crippen LogP contribution is -2.46. The predicted molar refractivity (Wildman–Crippen MR) is 144 cm³/mol. The lowest BCUT2D eigenvalue weighted by molar-refractivity contribution is -0.184. The first-order chi connectivity index (χ1) is 18.4. The Hall–Kier alpha value is -3.46. The number of amides is 1. The van der Waals surface area contributed by atoms with Crippen LogP contribution in [-0.4, -0.2) is 38.6 Å². The van der Waals surface area contributed by atoms with E-state index in [1.807, 2.05) is 47.0 Å². The third-order valence-electron chi connectivity index (χ3n) is 7.74. The Labute approximate surface area is 225 Å². The number of carbonyl (C=O) groups is 1. The van der Waals surface area contributed by atoms with Crippen LogP contribution in [-0.2, 0) is 21.7 Å². The minimum absolute atomic E-state index is 0.0307. The van der Waals surface area contributed by atoms with Crippen molar-refractivity contribution in [2.45, 2.75) is 43.2 Å². The summed E-state index contributed by atoms with van der Waals surface area (Å²) in [4.78, 5) is 22.0. The number of anilines is 2. The minimum atomic E-state index is -0.978. The van der Waals surface area contributed by atoms with E-state index in [1.54, 1.807) is 6.20 Å². The number of nitrogens with one attached hydrogen (secondary N) is 2. The van der Waals surface area contributed by atoms with Crippen LogP contribution < -0.4 is 10.6 Å². The first-order valence-electron chi connectivity index (χ1n) is 13.0. The average molecular weight is 530 g/mol. The zero-order valence-corrected chi connectivity index (χ0v) is 21.5. The molecule has 2 saturated carbocycles. The van der Waals surface area contributed by atoms with Crippen LogP contribution in [0.5, 0.6) is 0 Å². The molecule has 1 aromatic carbocycles. The quantitative estimate of drug-likeness (QED) is 0.302. The summed E-state index contributed by atoms with van der Waals surface area (Å²) in [6.45, 7) is 1.08. The molecule has 8 nitrogen and oxygen atoms in total. The van der Waals surface area contributed by atoms with E-state index in [1.165, 1.54) is 18.4 Å². The van der Waals surface area contributed by atoms with Crippen LogP contribution in [0, 0.1) is 5.92 Å². The summed E-state index contributed by atoms with van der Waals surface area (Å²) in [7, 11) is 0. The molecule has 0 bridgehead atoms. The number of ether oxygens (including phenoxy) is 1. The van der Waals surface area contributed by atoms with Gasteiger partial charge in [0.05, 0.1) is 25.5 Å². The number of nitrogens with zero attached hydrogens (tertiary/aromatic N) is 3. The largest absolute Gasteiger partial charge is 0.380 e. The number of carbonyl (C=O) groups excluding carboxylic acids is 1. The highest BCUT2D eigenvalue weighted by Crippen LogP contribution is 2.48. The van der Waals surface area contributed by atoms with Crippen LogP contribution >= 0.6 is 11.6 Å². The number of hydrogen-bond acceptors (Lipinski definition) is 6. The molecule has 4 heterocycles. The van der Waals surface area contributed by atoms with Gasteiger partial charge in [0.25, 0.3) is 0 Å². The normalized spacial score (nSPS) is 21.6. The zero-order valence-electron chi connectivity index (χ0n) is 20.7. The molecule has 194 valence electrons. The molecule has 3 aliphatic rings. The molecule has 9 heteroatoms. The van der Waals surface area contributed by atoms with Crippen LogP contribution in [0.1, 0.15) is 53.5 Å². The van der Waals surface area contributed by atoms with Crippen molar-refractivity contribution in [3.63, 3.8) is 0 Å². The standard InChI is InChI=1S/C29H28ClN5O3/c30-20-3-1-2-18(8-20)23-11-24(23)28(36)34-26-10-21(6-7-31-26)32-12-22-14-35-13-19(17-4-5-17)9-25(27(35)33-22)29(37)15-38-16-29/h1-3,6-10,13-14,17,23-24,37H,4-5,11-12,15-16H2,(H2,31,32,34,36). The molecule has 3 aromatic heterocycles. The van der Waals surface area contributed by atoms with Crippen LogP contribution in [0.25, 0.3) is 5.65 Å². The number of fused-ring (bicyclic) bond motifs is 1. The monoisotopic (exact) mass is 529 g/mol. The number of pyridine rings is 2. The Morgan fingerprint density at radius 2 is 2.03 bits per heavy atom. The van der Waals surface area contributed by atoms with E-state index < -0.39 is 5.60 Å². The van der Waals surface area contributed by atoms with E-state index >= 15 is 0 Å². The summed E-state index contributed by atoms with van der Waals surface area (Å²) in [5, 5.41) is 18.1. The topological polar surface area (TPSA) is 101 Å². The van der Waals surface area contributed by atoms with Gasteiger partial charge in [0, 0.05) is 46.8 Å². The van der Waals surface area contributed by atoms with Gasteiger partial charge >= 0.3 is 0 Å². The molecule has 38 heavy (non-hydrogen) atoms.